The van der Waals surface area contributed by atoms with Gasteiger partial charge in [0, 0.05) is 27.2 Å². The molecule has 18 heavy (non-hydrogen) atoms. The summed E-state index contributed by atoms with van der Waals surface area (Å²) in [5, 5.41) is 4.43. The lowest BCUT2D eigenvalue weighted by Crippen LogP contribution is -2.25. The third-order valence-electron chi connectivity index (χ3n) is 3.45. The summed E-state index contributed by atoms with van der Waals surface area (Å²) in [5.74, 6) is 1.81. The normalized spacial score (nSPS) is 15.1. The van der Waals surface area contributed by atoms with Gasteiger partial charge in [-0.05, 0) is 25.2 Å². The monoisotopic (exact) mass is 252 g/mol. The van der Waals surface area contributed by atoms with Crippen molar-refractivity contribution in [2.45, 2.75) is 26.2 Å². The van der Waals surface area contributed by atoms with Crippen LogP contribution in [-0.2, 0) is 18.2 Å². The molecule has 1 heterocycles. The van der Waals surface area contributed by atoms with Gasteiger partial charge < -0.3 is 15.4 Å². The maximum absolute atomic E-state index is 6.11. The topological polar surface area (TPSA) is 56.3 Å². The average Bonchev–Trinajstić information content (AvgIpc) is 3.11. The molecule has 2 rings (SSSR count). The minimum absolute atomic E-state index is 0.749. The van der Waals surface area contributed by atoms with E-state index in [1.807, 2.05) is 18.8 Å². The van der Waals surface area contributed by atoms with E-state index in [0.717, 1.165) is 49.3 Å². The number of anilines is 2. The summed E-state index contributed by atoms with van der Waals surface area (Å²) in [6.45, 7) is 4.58. The van der Waals surface area contributed by atoms with Crippen LogP contribution in [0.1, 0.15) is 25.5 Å². The number of rotatable bonds is 7. The van der Waals surface area contributed by atoms with E-state index >= 15 is 0 Å². The molecule has 5 nitrogen and oxygen atoms in total. The van der Waals surface area contributed by atoms with Gasteiger partial charge in [-0.2, -0.15) is 5.10 Å². The number of hydrogen-bond donors (Lipinski definition) is 1. The molecule has 0 aromatic carbocycles. The first kappa shape index (κ1) is 13.2. The molecule has 0 bridgehead atoms. The molecule has 1 aliphatic rings. The molecule has 102 valence electrons. The van der Waals surface area contributed by atoms with Gasteiger partial charge in [0.15, 0.2) is 0 Å². The smallest absolute Gasteiger partial charge is 0.150 e. The predicted octanol–water partition coefficient (Wildman–Crippen LogP) is 1.43. The van der Waals surface area contributed by atoms with E-state index in [1.54, 1.807) is 0 Å². The highest BCUT2D eigenvalue weighted by Crippen LogP contribution is 2.29. The summed E-state index contributed by atoms with van der Waals surface area (Å²) in [4.78, 5) is 2.12. The van der Waals surface area contributed by atoms with Crippen LogP contribution in [0, 0.1) is 5.92 Å². The molecule has 0 spiro atoms. The van der Waals surface area contributed by atoms with Crippen molar-refractivity contribution < 1.29 is 4.74 Å². The van der Waals surface area contributed by atoms with Crippen molar-refractivity contribution in [3.05, 3.63) is 5.69 Å². The molecule has 0 radical (unpaired) electrons. The Hall–Kier alpha value is -1.23. The lowest BCUT2D eigenvalue weighted by molar-refractivity contribution is 0.130. The molecule has 1 saturated carbocycles. The van der Waals surface area contributed by atoms with E-state index in [1.165, 1.54) is 12.8 Å². The SMILES string of the molecule is CCc1nn(C)c(N(C)CCOCC2CC2)c1N. The third kappa shape index (κ3) is 2.96. The van der Waals surface area contributed by atoms with E-state index in [9.17, 15) is 0 Å². The average molecular weight is 252 g/mol. The summed E-state index contributed by atoms with van der Waals surface area (Å²) < 4.78 is 7.51. The maximum atomic E-state index is 6.11. The van der Waals surface area contributed by atoms with Crippen molar-refractivity contribution in [1.29, 1.82) is 0 Å². The molecule has 0 aliphatic heterocycles. The van der Waals surface area contributed by atoms with Gasteiger partial charge in [-0.3, -0.25) is 4.68 Å². The second kappa shape index (κ2) is 5.61. The van der Waals surface area contributed by atoms with Crippen LogP contribution < -0.4 is 10.6 Å². The first-order chi connectivity index (χ1) is 8.63. The molecular weight excluding hydrogens is 228 g/mol. The van der Waals surface area contributed by atoms with E-state index in [-0.39, 0.29) is 0 Å². The fourth-order valence-corrected chi connectivity index (χ4v) is 2.14. The zero-order valence-electron chi connectivity index (χ0n) is 11.6. The zero-order valence-corrected chi connectivity index (χ0v) is 11.6. The molecule has 0 atom stereocenters. The molecule has 1 aromatic rings. The van der Waals surface area contributed by atoms with Crippen molar-refractivity contribution in [3.63, 3.8) is 0 Å². The first-order valence-corrected chi connectivity index (χ1v) is 6.73. The standard InChI is InChI=1S/C13H24N4O/c1-4-11-12(14)13(17(3)15-11)16(2)7-8-18-9-10-5-6-10/h10H,4-9,14H2,1-3H3. The second-order valence-corrected chi connectivity index (χ2v) is 5.10. The van der Waals surface area contributed by atoms with Gasteiger partial charge in [-0.25, -0.2) is 0 Å². The Morgan fingerprint density at radius 3 is 2.78 bits per heavy atom. The number of nitrogens with zero attached hydrogens (tertiary/aromatic N) is 3. The number of hydrogen-bond acceptors (Lipinski definition) is 4. The van der Waals surface area contributed by atoms with Crippen LogP contribution in [0.15, 0.2) is 0 Å². The van der Waals surface area contributed by atoms with Gasteiger partial charge >= 0.3 is 0 Å². The number of ether oxygens (including phenoxy) is 1. The summed E-state index contributed by atoms with van der Waals surface area (Å²) in [7, 11) is 3.97. The molecule has 2 N–H and O–H groups in total. The van der Waals surface area contributed by atoms with E-state index in [2.05, 4.69) is 16.9 Å². The van der Waals surface area contributed by atoms with Crippen molar-refractivity contribution in [2.75, 3.05) is 37.4 Å². The van der Waals surface area contributed by atoms with Gasteiger partial charge in [0.2, 0.25) is 0 Å². The van der Waals surface area contributed by atoms with Crippen LogP contribution >= 0.6 is 0 Å². The van der Waals surface area contributed by atoms with Crippen molar-refractivity contribution in [1.82, 2.24) is 9.78 Å². The summed E-state index contributed by atoms with van der Waals surface area (Å²) in [6.07, 6.45) is 3.54. The molecule has 5 heteroatoms. The first-order valence-electron chi connectivity index (χ1n) is 6.73. The lowest BCUT2D eigenvalue weighted by Gasteiger charge is -2.19. The van der Waals surface area contributed by atoms with Crippen LogP contribution in [0.4, 0.5) is 11.5 Å². The van der Waals surface area contributed by atoms with Gasteiger partial charge in [0.05, 0.1) is 18.0 Å². The molecule has 0 unspecified atom stereocenters. The highest BCUT2D eigenvalue weighted by molar-refractivity contribution is 5.66. The van der Waals surface area contributed by atoms with Gasteiger partial charge in [0.1, 0.15) is 5.82 Å². The third-order valence-corrected chi connectivity index (χ3v) is 3.45. The molecule has 1 aromatic heterocycles. The van der Waals surface area contributed by atoms with Crippen LogP contribution in [0.2, 0.25) is 0 Å². The molecular formula is C13H24N4O. The van der Waals surface area contributed by atoms with Crippen molar-refractivity contribution in [2.24, 2.45) is 13.0 Å². The van der Waals surface area contributed by atoms with Crippen LogP contribution in [0.3, 0.4) is 0 Å². The summed E-state index contributed by atoms with van der Waals surface area (Å²) in [6, 6.07) is 0. The minimum atomic E-state index is 0.749. The number of nitrogen functional groups attached to an aromatic ring is 1. The Bertz CT molecular complexity index is 398. The highest BCUT2D eigenvalue weighted by atomic mass is 16.5. The Labute approximate surface area is 109 Å². The Morgan fingerprint density at radius 1 is 1.50 bits per heavy atom. The summed E-state index contributed by atoms with van der Waals surface area (Å²) in [5.41, 5.74) is 7.88. The Balaban J connectivity index is 1.86. The largest absolute Gasteiger partial charge is 0.394 e. The van der Waals surface area contributed by atoms with E-state index < -0.39 is 0 Å². The van der Waals surface area contributed by atoms with Crippen LogP contribution in [0.5, 0.6) is 0 Å². The fraction of sp³-hybridized carbons (Fsp3) is 0.769. The number of aryl methyl sites for hydroxylation is 2. The van der Waals surface area contributed by atoms with Crippen LogP contribution in [-0.4, -0.2) is 36.6 Å². The molecule has 0 amide bonds. The maximum Gasteiger partial charge on any atom is 0.150 e. The Kier molecular flexibility index (Phi) is 4.11. The number of nitrogens with two attached hydrogens (primary N) is 1. The number of aromatic nitrogens is 2. The quantitative estimate of drug-likeness (QED) is 0.746. The highest BCUT2D eigenvalue weighted by Gasteiger charge is 2.21. The molecule has 1 fully saturated rings. The minimum Gasteiger partial charge on any atom is -0.394 e. The Morgan fingerprint density at radius 2 is 2.22 bits per heavy atom. The van der Waals surface area contributed by atoms with Crippen molar-refractivity contribution >= 4 is 11.5 Å². The fourth-order valence-electron chi connectivity index (χ4n) is 2.14. The number of likely N-dealkylation sites (N-methyl/N-ethyl adjacent to an activating group) is 1. The van der Waals surface area contributed by atoms with E-state index in [0.29, 0.717) is 0 Å². The van der Waals surface area contributed by atoms with Crippen molar-refractivity contribution in [3.8, 4) is 0 Å². The van der Waals surface area contributed by atoms with Crippen LogP contribution in [0.25, 0.3) is 0 Å². The zero-order chi connectivity index (χ0) is 13.1. The van der Waals surface area contributed by atoms with Gasteiger partial charge in [-0.1, -0.05) is 6.92 Å². The predicted molar refractivity (Wildman–Crippen MR) is 73.8 cm³/mol. The summed E-state index contributed by atoms with van der Waals surface area (Å²) >= 11 is 0. The van der Waals surface area contributed by atoms with Gasteiger partial charge in [-0.15, -0.1) is 0 Å². The second-order valence-electron chi connectivity index (χ2n) is 5.10. The molecule has 0 saturated heterocycles. The van der Waals surface area contributed by atoms with Gasteiger partial charge in [0.25, 0.3) is 0 Å². The molecule has 1 aliphatic carbocycles. The lowest BCUT2D eigenvalue weighted by atomic mass is 10.3. The van der Waals surface area contributed by atoms with E-state index in [4.69, 9.17) is 10.5 Å².